The van der Waals surface area contributed by atoms with Crippen molar-refractivity contribution in [2.24, 2.45) is 11.8 Å². The van der Waals surface area contributed by atoms with Crippen LogP contribution in [0.3, 0.4) is 0 Å². The smallest absolute Gasteiger partial charge is 0.00104 e. The highest BCUT2D eigenvalue weighted by molar-refractivity contribution is 5.26. The topological polar surface area (TPSA) is 12.0 Å². The molecule has 3 unspecified atom stereocenters. The Balaban J connectivity index is 2.11. The minimum atomic E-state index is 0.594. The maximum atomic E-state index is 3.67. The second-order valence-electron chi connectivity index (χ2n) is 7.11. The van der Waals surface area contributed by atoms with Crippen molar-refractivity contribution in [3.05, 3.63) is 35.4 Å². The number of aryl methyl sites for hydroxylation is 1. The molecule has 0 spiro atoms. The van der Waals surface area contributed by atoms with Gasteiger partial charge in [0.25, 0.3) is 0 Å². The Bertz CT molecular complexity index is 406. The summed E-state index contributed by atoms with van der Waals surface area (Å²) >= 11 is 0. The molecule has 0 heterocycles. The van der Waals surface area contributed by atoms with Crippen LogP contribution in [0, 0.1) is 11.8 Å². The Morgan fingerprint density at radius 1 is 1.10 bits per heavy atom. The number of hydrogen-bond donors (Lipinski definition) is 1. The quantitative estimate of drug-likeness (QED) is 0.762. The van der Waals surface area contributed by atoms with Crippen LogP contribution in [0.1, 0.15) is 70.4 Å². The first kappa shape index (κ1) is 16.5. The third-order valence-corrected chi connectivity index (χ3v) is 5.28. The van der Waals surface area contributed by atoms with Crippen LogP contribution in [0.5, 0.6) is 0 Å². The van der Waals surface area contributed by atoms with Crippen LogP contribution in [-0.4, -0.2) is 12.6 Å². The monoisotopic (exact) mass is 287 g/mol. The average Bonchev–Trinajstić information content (AvgIpc) is 2.52. The molecular formula is C20H33N. The molecule has 3 atom stereocenters. The number of rotatable bonds is 6. The third-order valence-electron chi connectivity index (χ3n) is 5.28. The molecule has 1 heteroatoms. The van der Waals surface area contributed by atoms with Crippen LogP contribution >= 0.6 is 0 Å². The van der Waals surface area contributed by atoms with Crippen molar-refractivity contribution in [2.45, 2.75) is 71.8 Å². The van der Waals surface area contributed by atoms with Crippen molar-refractivity contribution >= 4 is 0 Å². The summed E-state index contributed by atoms with van der Waals surface area (Å²) < 4.78 is 0. The van der Waals surface area contributed by atoms with Crippen molar-refractivity contribution in [1.29, 1.82) is 0 Å². The average molecular weight is 287 g/mol. The highest BCUT2D eigenvalue weighted by Crippen LogP contribution is 2.41. The van der Waals surface area contributed by atoms with E-state index in [-0.39, 0.29) is 0 Å². The molecular weight excluding hydrogens is 254 g/mol. The number of benzene rings is 1. The Hall–Kier alpha value is -0.820. The zero-order chi connectivity index (χ0) is 15.2. The summed E-state index contributed by atoms with van der Waals surface area (Å²) in [7, 11) is 0. The van der Waals surface area contributed by atoms with Gasteiger partial charge in [0, 0.05) is 6.04 Å². The van der Waals surface area contributed by atoms with Crippen LogP contribution in [0.2, 0.25) is 0 Å². The van der Waals surface area contributed by atoms with Crippen molar-refractivity contribution in [2.75, 3.05) is 6.54 Å². The molecule has 1 aromatic carbocycles. The van der Waals surface area contributed by atoms with Crippen molar-refractivity contribution in [1.82, 2.24) is 5.32 Å². The molecule has 1 aliphatic carbocycles. The first-order chi connectivity index (χ1) is 10.1. The van der Waals surface area contributed by atoms with E-state index in [4.69, 9.17) is 0 Å². The Kier molecular flexibility index (Phi) is 6.29. The van der Waals surface area contributed by atoms with Gasteiger partial charge in [-0.2, -0.15) is 0 Å². The summed E-state index contributed by atoms with van der Waals surface area (Å²) in [6.07, 6.45) is 6.67. The molecule has 118 valence electrons. The lowest BCUT2D eigenvalue weighted by Gasteiger charge is -2.37. The summed E-state index contributed by atoms with van der Waals surface area (Å²) in [5, 5.41) is 3.67. The molecule has 1 aromatic rings. The maximum Gasteiger partial charge on any atom is 0.00104 e. The zero-order valence-corrected chi connectivity index (χ0v) is 14.4. The number of hydrogen-bond acceptors (Lipinski definition) is 1. The fourth-order valence-corrected chi connectivity index (χ4v) is 3.73. The molecule has 0 aromatic heterocycles. The second kappa shape index (κ2) is 7.98. The van der Waals surface area contributed by atoms with Gasteiger partial charge < -0.3 is 5.32 Å². The summed E-state index contributed by atoms with van der Waals surface area (Å²) in [5.74, 6) is 2.49. The Morgan fingerprint density at radius 3 is 2.38 bits per heavy atom. The van der Waals surface area contributed by atoms with E-state index in [9.17, 15) is 0 Å². The predicted molar refractivity (Wildman–Crippen MR) is 92.8 cm³/mol. The first-order valence-corrected chi connectivity index (χ1v) is 8.96. The molecule has 0 saturated heterocycles. The summed E-state index contributed by atoms with van der Waals surface area (Å²) in [6, 6.07) is 10.0. The van der Waals surface area contributed by atoms with E-state index in [1.165, 1.54) is 37.8 Å². The van der Waals surface area contributed by atoms with Gasteiger partial charge in [0.1, 0.15) is 0 Å². The molecule has 21 heavy (non-hydrogen) atoms. The van der Waals surface area contributed by atoms with Gasteiger partial charge in [-0.15, -0.1) is 0 Å². The molecule has 1 aliphatic rings. The highest BCUT2D eigenvalue weighted by atomic mass is 14.9. The molecule has 1 nitrogen and oxygen atoms in total. The molecule has 1 fully saturated rings. The van der Waals surface area contributed by atoms with Crippen LogP contribution in [-0.2, 0) is 6.42 Å². The molecule has 0 aliphatic heterocycles. The van der Waals surface area contributed by atoms with Crippen molar-refractivity contribution in [3.8, 4) is 0 Å². The molecule has 0 radical (unpaired) electrons. The van der Waals surface area contributed by atoms with Gasteiger partial charge in [0.2, 0.25) is 0 Å². The van der Waals surface area contributed by atoms with Gasteiger partial charge in [-0.05, 0) is 54.7 Å². The maximum absolute atomic E-state index is 3.67. The van der Waals surface area contributed by atoms with E-state index in [0.717, 1.165) is 24.2 Å². The third kappa shape index (κ3) is 4.57. The second-order valence-corrected chi connectivity index (χ2v) is 7.11. The molecule has 0 amide bonds. The lowest BCUT2D eigenvalue weighted by molar-refractivity contribution is 0.222. The summed E-state index contributed by atoms with van der Waals surface area (Å²) in [5.41, 5.74) is 3.03. The van der Waals surface area contributed by atoms with Crippen molar-refractivity contribution < 1.29 is 0 Å². The lowest BCUT2D eigenvalue weighted by atomic mass is 9.70. The van der Waals surface area contributed by atoms with Crippen LogP contribution in [0.15, 0.2) is 24.3 Å². The minimum Gasteiger partial charge on any atom is -0.314 e. The lowest BCUT2D eigenvalue weighted by Crippen LogP contribution is -2.35. The van der Waals surface area contributed by atoms with Gasteiger partial charge in [-0.3, -0.25) is 0 Å². The molecule has 2 rings (SSSR count). The zero-order valence-electron chi connectivity index (χ0n) is 14.4. The fourth-order valence-electron chi connectivity index (χ4n) is 3.73. The van der Waals surface area contributed by atoms with E-state index in [1.807, 2.05) is 0 Å². The van der Waals surface area contributed by atoms with Crippen LogP contribution < -0.4 is 5.32 Å². The standard InChI is InChI=1S/C20H33N/c1-5-16-7-10-18(11-8-16)20-13-17(6-2)9-12-19(20)14-21-15(3)4/h7-8,10-11,15,17,19-21H,5-6,9,12-14H2,1-4H3. The van der Waals surface area contributed by atoms with Gasteiger partial charge in [-0.1, -0.05) is 64.8 Å². The molecule has 1 N–H and O–H groups in total. The first-order valence-electron chi connectivity index (χ1n) is 8.96. The minimum absolute atomic E-state index is 0.594. The van der Waals surface area contributed by atoms with Gasteiger partial charge in [0.15, 0.2) is 0 Å². The summed E-state index contributed by atoms with van der Waals surface area (Å²) in [4.78, 5) is 0. The largest absolute Gasteiger partial charge is 0.314 e. The molecule has 1 saturated carbocycles. The Labute approximate surface area is 131 Å². The van der Waals surface area contributed by atoms with E-state index >= 15 is 0 Å². The predicted octanol–water partition coefficient (Wildman–Crippen LogP) is 5.16. The fraction of sp³-hybridized carbons (Fsp3) is 0.700. The van der Waals surface area contributed by atoms with E-state index in [2.05, 4.69) is 57.3 Å². The van der Waals surface area contributed by atoms with Crippen LogP contribution in [0.4, 0.5) is 0 Å². The Morgan fingerprint density at radius 2 is 1.81 bits per heavy atom. The van der Waals surface area contributed by atoms with E-state index < -0.39 is 0 Å². The van der Waals surface area contributed by atoms with Gasteiger partial charge >= 0.3 is 0 Å². The highest BCUT2D eigenvalue weighted by Gasteiger charge is 2.30. The van der Waals surface area contributed by atoms with Crippen molar-refractivity contribution in [3.63, 3.8) is 0 Å². The van der Waals surface area contributed by atoms with E-state index in [0.29, 0.717) is 6.04 Å². The van der Waals surface area contributed by atoms with Gasteiger partial charge in [-0.25, -0.2) is 0 Å². The van der Waals surface area contributed by atoms with Gasteiger partial charge in [0.05, 0.1) is 0 Å². The van der Waals surface area contributed by atoms with Crippen LogP contribution in [0.25, 0.3) is 0 Å². The van der Waals surface area contributed by atoms with E-state index in [1.54, 1.807) is 5.56 Å². The number of nitrogens with one attached hydrogen (secondary N) is 1. The normalized spacial score (nSPS) is 26.2. The summed E-state index contributed by atoms with van der Waals surface area (Å²) in [6.45, 7) is 10.3. The molecule has 0 bridgehead atoms. The SMILES string of the molecule is CCc1ccc(C2CC(CC)CCC2CNC(C)C)cc1.